The van der Waals surface area contributed by atoms with Gasteiger partial charge in [-0.25, -0.2) is 9.69 Å². The van der Waals surface area contributed by atoms with Gasteiger partial charge in [0.1, 0.15) is 11.2 Å². The molecule has 7 aromatic carbocycles. The summed E-state index contributed by atoms with van der Waals surface area (Å²) in [6, 6.07) is 46.5. The van der Waals surface area contributed by atoms with E-state index < -0.39 is 0 Å². The predicted molar refractivity (Wildman–Crippen MR) is 208 cm³/mol. The minimum absolute atomic E-state index is 0.527. The molecular formula is C44H22N4OS. The number of hydrogen-bond donors (Lipinski definition) is 0. The van der Waals surface area contributed by atoms with Crippen molar-refractivity contribution in [3.05, 3.63) is 156 Å². The molecule has 6 heteroatoms. The van der Waals surface area contributed by atoms with Crippen molar-refractivity contribution < 1.29 is 4.42 Å². The summed E-state index contributed by atoms with van der Waals surface area (Å²) in [5.74, 6) is 0. The van der Waals surface area contributed by atoms with Crippen LogP contribution >= 0.6 is 11.3 Å². The molecule has 230 valence electrons. The summed E-state index contributed by atoms with van der Waals surface area (Å²) in [6.45, 7) is 15.3. The average molecular weight is 655 g/mol. The fraction of sp³-hybridized carbons (Fsp3) is 0. The second-order valence-electron chi connectivity index (χ2n) is 12.7. The van der Waals surface area contributed by atoms with E-state index in [1.165, 1.54) is 20.2 Å². The first-order valence-electron chi connectivity index (χ1n) is 16.3. The quantitative estimate of drug-likeness (QED) is 0.171. The lowest BCUT2D eigenvalue weighted by molar-refractivity contribution is 0.675. The van der Waals surface area contributed by atoms with E-state index in [1.807, 2.05) is 41.7 Å². The topological polar surface area (TPSA) is 31.7 Å². The van der Waals surface area contributed by atoms with Gasteiger partial charge in [0.2, 0.25) is 5.69 Å². The molecule has 0 bridgehead atoms. The monoisotopic (exact) mass is 654 g/mol. The first-order valence-corrected chi connectivity index (χ1v) is 17.1. The lowest BCUT2D eigenvalue weighted by Crippen LogP contribution is -1.94. The van der Waals surface area contributed by atoms with Crippen LogP contribution in [0.2, 0.25) is 0 Å². The molecule has 0 aliphatic heterocycles. The molecular weight excluding hydrogens is 633 g/mol. The smallest absolute Gasteiger partial charge is 0.229 e. The van der Waals surface area contributed by atoms with Crippen LogP contribution in [0, 0.1) is 13.1 Å². The molecule has 0 radical (unpaired) electrons. The third-order valence-corrected chi connectivity index (χ3v) is 11.3. The lowest BCUT2D eigenvalue weighted by Gasteiger charge is -2.10. The molecule has 0 saturated carbocycles. The van der Waals surface area contributed by atoms with E-state index >= 15 is 0 Å². The molecule has 11 rings (SSSR count). The van der Waals surface area contributed by atoms with Gasteiger partial charge in [-0.2, -0.15) is 0 Å². The average Bonchev–Trinajstić information content (AvgIpc) is 3.91. The Bertz CT molecular complexity index is 3360. The number of aromatic nitrogens is 2. The molecule has 4 heterocycles. The molecule has 5 nitrogen and oxygen atoms in total. The molecule has 11 aromatic rings. The van der Waals surface area contributed by atoms with Gasteiger partial charge in [-0.05, 0) is 78.2 Å². The van der Waals surface area contributed by atoms with Crippen molar-refractivity contribution >= 4 is 108 Å². The van der Waals surface area contributed by atoms with Crippen LogP contribution in [0.1, 0.15) is 0 Å². The van der Waals surface area contributed by atoms with Gasteiger partial charge in [0, 0.05) is 53.1 Å². The predicted octanol–water partition coefficient (Wildman–Crippen LogP) is 13.2. The first-order chi connectivity index (χ1) is 24.7. The summed E-state index contributed by atoms with van der Waals surface area (Å²) in [5.41, 5.74) is 9.16. The van der Waals surface area contributed by atoms with Crippen molar-refractivity contribution in [3.63, 3.8) is 0 Å². The zero-order chi connectivity index (χ0) is 33.1. The van der Waals surface area contributed by atoms with Crippen molar-refractivity contribution in [1.82, 2.24) is 9.13 Å². The van der Waals surface area contributed by atoms with E-state index in [-0.39, 0.29) is 0 Å². The van der Waals surface area contributed by atoms with Crippen LogP contribution in [0.5, 0.6) is 0 Å². The van der Waals surface area contributed by atoms with Crippen LogP contribution < -0.4 is 0 Å². The van der Waals surface area contributed by atoms with Crippen molar-refractivity contribution in [2.24, 2.45) is 0 Å². The highest BCUT2D eigenvalue weighted by atomic mass is 32.1. The summed E-state index contributed by atoms with van der Waals surface area (Å²) >= 11 is 1.81. The van der Waals surface area contributed by atoms with Crippen molar-refractivity contribution in [3.8, 4) is 11.4 Å². The molecule has 0 fully saturated rings. The number of furan rings is 1. The first kappa shape index (κ1) is 27.1. The minimum atomic E-state index is 0.527. The Morgan fingerprint density at radius 3 is 1.82 bits per heavy atom. The third-order valence-electron chi connectivity index (χ3n) is 10.1. The van der Waals surface area contributed by atoms with Crippen LogP contribution in [0.4, 0.5) is 11.4 Å². The molecule has 0 N–H and O–H groups in total. The summed E-state index contributed by atoms with van der Waals surface area (Å²) in [6.07, 6.45) is 0. The van der Waals surface area contributed by atoms with Crippen LogP contribution in [0.25, 0.3) is 107 Å². The van der Waals surface area contributed by atoms with Gasteiger partial charge in [0.25, 0.3) is 0 Å². The number of thiophene rings is 1. The number of para-hydroxylation sites is 3. The molecule has 0 amide bonds. The Kier molecular flexibility index (Phi) is 5.34. The summed E-state index contributed by atoms with van der Waals surface area (Å²) < 4.78 is 13.7. The number of benzene rings is 7. The van der Waals surface area contributed by atoms with Crippen LogP contribution in [0.15, 0.2) is 138 Å². The van der Waals surface area contributed by atoms with Crippen LogP contribution in [-0.2, 0) is 0 Å². The van der Waals surface area contributed by atoms with Gasteiger partial charge in [-0.1, -0.05) is 60.7 Å². The van der Waals surface area contributed by atoms with Gasteiger partial charge in [-0.3, -0.25) is 0 Å². The van der Waals surface area contributed by atoms with Gasteiger partial charge in [0.15, 0.2) is 5.69 Å². The lowest BCUT2D eigenvalue weighted by atomic mass is 10.1. The Morgan fingerprint density at radius 2 is 1.08 bits per heavy atom. The Morgan fingerprint density at radius 1 is 0.460 bits per heavy atom. The molecule has 4 aromatic heterocycles. The fourth-order valence-corrected chi connectivity index (χ4v) is 9.07. The standard InChI is InChI=1S/C44H22N4OS/c1-45-25-14-18-38-32(22-25)28-8-3-5-12-36(28)47(38)26-15-20-40-33(23-26)34-24-27(16-21-41(34)50-40)48-37-13-6-4-9-31(37)42-39(48)19-17-30-29-10-7-11-35(46-2)43(29)49-44(30)42/h3-24H. The summed E-state index contributed by atoms with van der Waals surface area (Å²) in [7, 11) is 0. The molecule has 0 atom stereocenters. The summed E-state index contributed by atoms with van der Waals surface area (Å²) in [5, 5.41) is 8.78. The highest BCUT2D eigenvalue weighted by Gasteiger charge is 2.20. The Labute approximate surface area is 288 Å². The number of fused-ring (bicyclic) bond motifs is 13. The van der Waals surface area contributed by atoms with E-state index in [0.29, 0.717) is 17.0 Å². The van der Waals surface area contributed by atoms with Crippen LogP contribution in [-0.4, -0.2) is 9.13 Å². The third kappa shape index (κ3) is 3.52. The number of rotatable bonds is 2. The van der Waals surface area contributed by atoms with Crippen molar-refractivity contribution in [2.45, 2.75) is 0 Å². The van der Waals surface area contributed by atoms with E-state index in [4.69, 9.17) is 17.6 Å². The molecule has 0 spiro atoms. The largest absolute Gasteiger partial charge is 0.466 e. The maximum absolute atomic E-state index is 7.71. The highest BCUT2D eigenvalue weighted by Crippen LogP contribution is 2.44. The minimum Gasteiger partial charge on any atom is -0.466 e. The van der Waals surface area contributed by atoms with Gasteiger partial charge in [0.05, 0.1) is 40.6 Å². The van der Waals surface area contributed by atoms with Crippen molar-refractivity contribution in [2.75, 3.05) is 0 Å². The van der Waals surface area contributed by atoms with E-state index in [9.17, 15) is 0 Å². The van der Waals surface area contributed by atoms with Gasteiger partial charge >= 0.3 is 0 Å². The van der Waals surface area contributed by atoms with E-state index in [2.05, 4.69) is 122 Å². The van der Waals surface area contributed by atoms with Crippen molar-refractivity contribution in [1.29, 1.82) is 0 Å². The zero-order valence-corrected chi connectivity index (χ0v) is 27.1. The molecule has 0 aliphatic carbocycles. The van der Waals surface area contributed by atoms with Crippen LogP contribution in [0.3, 0.4) is 0 Å². The molecule has 0 saturated heterocycles. The molecule has 50 heavy (non-hydrogen) atoms. The van der Waals surface area contributed by atoms with Gasteiger partial charge < -0.3 is 13.6 Å². The second-order valence-corrected chi connectivity index (χ2v) is 13.8. The highest BCUT2D eigenvalue weighted by molar-refractivity contribution is 7.25. The SMILES string of the molecule is [C-]#[N+]c1ccc2c(c1)c1ccccc1n2-c1ccc2sc3ccc(-n4c5ccccc5c5c6oc7c([N+]#[C-])cccc7c6ccc54)cc3c2c1. The fourth-order valence-electron chi connectivity index (χ4n) is 8.00. The molecule has 0 aliphatic rings. The Hall–Kier alpha value is -6.86. The molecule has 0 unspecified atom stereocenters. The van der Waals surface area contributed by atoms with E-state index in [1.54, 1.807) is 0 Å². The van der Waals surface area contributed by atoms with E-state index in [0.717, 1.165) is 71.3 Å². The summed E-state index contributed by atoms with van der Waals surface area (Å²) in [4.78, 5) is 7.44. The number of nitrogens with zero attached hydrogens (tertiary/aromatic N) is 4. The van der Waals surface area contributed by atoms with Gasteiger partial charge in [-0.15, -0.1) is 11.3 Å². The Balaban J connectivity index is 1.17. The number of hydrogen-bond acceptors (Lipinski definition) is 2. The maximum Gasteiger partial charge on any atom is 0.229 e. The second kappa shape index (κ2) is 9.84. The zero-order valence-electron chi connectivity index (χ0n) is 26.3. The normalized spacial score (nSPS) is 12.0. The maximum atomic E-state index is 7.71.